The maximum absolute atomic E-state index is 12.7. The number of thiophene rings is 1. The number of hydrogen-bond acceptors (Lipinski definition) is 3. The van der Waals surface area contributed by atoms with Gasteiger partial charge < -0.3 is 15.5 Å². The van der Waals surface area contributed by atoms with Crippen LogP contribution in [0.2, 0.25) is 0 Å². The van der Waals surface area contributed by atoms with Crippen molar-refractivity contribution in [1.29, 1.82) is 0 Å². The van der Waals surface area contributed by atoms with E-state index < -0.39 is 0 Å². The van der Waals surface area contributed by atoms with E-state index in [0.717, 1.165) is 12.1 Å². The molecule has 0 aliphatic carbocycles. The summed E-state index contributed by atoms with van der Waals surface area (Å²) in [7, 11) is 0. The van der Waals surface area contributed by atoms with E-state index in [0.29, 0.717) is 22.7 Å². The number of likely N-dealkylation sites (tertiary alicyclic amines) is 1. The Bertz CT molecular complexity index is 1010. The number of amides is 2. The molecule has 3 N–H and O–H groups in total. The van der Waals surface area contributed by atoms with Gasteiger partial charge in [-0.1, -0.05) is 36.4 Å². The molecule has 0 unspecified atom stereocenters. The number of quaternary nitrogens is 1. The summed E-state index contributed by atoms with van der Waals surface area (Å²) in [5.41, 5.74) is 3.60. The minimum Gasteiger partial charge on any atom is -0.348 e. The molecule has 0 spiro atoms. The second kappa shape index (κ2) is 9.69. The molecule has 1 fully saturated rings. The number of rotatable bonds is 7. The van der Waals surface area contributed by atoms with Crippen molar-refractivity contribution in [2.75, 3.05) is 18.4 Å². The fourth-order valence-corrected chi connectivity index (χ4v) is 4.46. The molecular formula is C24H26N3O2S+. The summed E-state index contributed by atoms with van der Waals surface area (Å²) in [4.78, 5) is 27.2. The summed E-state index contributed by atoms with van der Waals surface area (Å²) in [6, 6.07) is 19.0. The molecule has 2 heterocycles. The first-order valence-corrected chi connectivity index (χ1v) is 11.2. The second-order valence-corrected chi connectivity index (χ2v) is 8.55. The average Bonchev–Trinajstić information content (AvgIpc) is 3.47. The third-order valence-electron chi connectivity index (χ3n) is 5.44. The summed E-state index contributed by atoms with van der Waals surface area (Å²) in [5, 5.41) is 7.74. The van der Waals surface area contributed by atoms with Crippen LogP contribution in [0.3, 0.4) is 0 Å². The number of hydrogen-bond donors (Lipinski definition) is 3. The quantitative estimate of drug-likeness (QED) is 0.550. The highest BCUT2D eigenvalue weighted by atomic mass is 32.1. The van der Waals surface area contributed by atoms with Gasteiger partial charge in [-0.3, -0.25) is 9.59 Å². The predicted octanol–water partition coefficient (Wildman–Crippen LogP) is 3.11. The molecule has 3 aromatic rings. The van der Waals surface area contributed by atoms with Crippen molar-refractivity contribution in [2.45, 2.75) is 25.9 Å². The topological polar surface area (TPSA) is 62.6 Å². The first-order chi connectivity index (χ1) is 14.7. The van der Waals surface area contributed by atoms with E-state index in [4.69, 9.17) is 0 Å². The smallest absolute Gasteiger partial charge is 0.265 e. The Labute approximate surface area is 180 Å². The van der Waals surface area contributed by atoms with E-state index in [1.165, 1.54) is 42.8 Å². The zero-order chi connectivity index (χ0) is 20.8. The zero-order valence-electron chi connectivity index (χ0n) is 16.8. The molecule has 1 saturated heterocycles. The molecule has 1 aromatic heterocycles. The van der Waals surface area contributed by atoms with Gasteiger partial charge in [-0.15, -0.1) is 11.3 Å². The monoisotopic (exact) mass is 420 g/mol. The molecule has 0 radical (unpaired) electrons. The Morgan fingerprint density at radius 3 is 2.47 bits per heavy atom. The third-order valence-corrected chi connectivity index (χ3v) is 6.31. The van der Waals surface area contributed by atoms with E-state index in [9.17, 15) is 9.59 Å². The van der Waals surface area contributed by atoms with Crippen LogP contribution in [0.4, 0.5) is 5.69 Å². The molecule has 1 aliphatic rings. The zero-order valence-corrected chi connectivity index (χ0v) is 17.6. The van der Waals surface area contributed by atoms with Crippen molar-refractivity contribution < 1.29 is 14.5 Å². The normalized spacial score (nSPS) is 13.9. The van der Waals surface area contributed by atoms with E-state index >= 15 is 0 Å². The lowest BCUT2D eigenvalue weighted by Gasteiger charge is -2.15. The summed E-state index contributed by atoms with van der Waals surface area (Å²) in [5.74, 6) is -0.313. The van der Waals surface area contributed by atoms with Crippen molar-refractivity contribution >= 4 is 28.8 Å². The van der Waals surface area contributed by atoms with Gasteiger partial charge in [0.2, 0.25) is 0 Å². The fraction of sp³-hybridized carbons (Fsp3) is 0.250. The molecule has 0 atom stereocenters. The van der Waals surface area contributed by atoms with Crippen molar-refractivity contribution in [2.24, 2.45) is 0 Å². The Morgan fingerprint density at radius 2 is 1.70 bits per heavy atom. The largest absolute Gasteiger partial charge is 0.348 e. The lowest BCUT2D eigenvalue weighted by molar-refractivity contribution is -0.901. The van der Waals surface area contributed by atoms with Gasteiger partial charge in [-0.2, -0.15) is 0 Å². The maximum atomic E-state index is 12.7. The molecular weight excluding hydrogens is 394 g/mol. The van der Waals surface area contributed by atoms with Crippen LogP contribution in [0.1, 0.15) is 44.0 Å². The molecule has 0 bridgehead atoms. The first kappa shape index (κ1) is 20.3. The maximum Gasteiger partial charge on any atom is 0.265 e. The van der Waals surface area contributed by atoms with E-state index in [1.807, 2.05) is 17.5 Å². The molecule has 5 nitrogen and oxygen atoms in total. The number of nitrogens with one attached hydrogen (secondary N) is 3. The molecule has 154 valence electrons. The van der Waals surface area contributed by atoms with Crippen LogP contribution in [-0.4, -0.2) is 24.9 Å². The van der Waals surface area contributed by atoms with Crippen LogP contribution in [0.25, 0.3) is 0 Å². The van der Waals surface area contributed by atoms with Gasteiger partial charge in [0.25, 0.3) is 11.8 Å². The van der Waals surface area contributed by atoms with Gasteiger partial charge in [0.05, 0.1) is 18.0 Å². The predicted molar refractivity (Wildman–Crippen MR) is 120 cm³/mol. The molecule has 2 amide bonds. The highest BCUT2D eigenvalue weighted by molar-refractivity contribution is 7.12. The molecule has 2 aromatic carbocycles. The van der Waals surface area contributed by atoms with Crippen molar-refractivity contribution in [3.63, 3.8) is 0 Å². The fourth-order valence-electron chi connectivity index (χ4n) is 3.84. The van der Waals surface area contributed by atoms with Gasteiger partial charge >= 0.3 is 0 Å². The Hall–Kier alpha value is -2.96. The van der Waals surface area contributed by atoms with Crippen molar-refractivity contribution in [3.8, 4) is 0 Å². The first-order valence-electron chi connectivity index (χ1n) is 10.3. The van der Waals surface area contributed by atoms with Crippen LogP contribution in [0, 0.1) is 0 Å². The summed E-state index contributed by atoms with van der Waals surface area (Å²) < 4.78 is 0. The average molecular weight is 421 g/mol. The van der Waals surface area contributed by atoms with Crippen molar-refractivity contribution in [3.05, 3.63) is 87.6 Å². The van der Waals surface area contributed by atoms with Gasteiger partial charge in [0.15, 0.2) is 0 Å². The van der Waals surface area contributed by atoms with Crippen LogP contribution in [-0.2, 0) is 13.1 Å². The number of carbonyl (C=O) groups is 2. The third kappa shape index (κ3) is 5.14. The second-order valence-electron chi connectivity index (χ2n) is 7.60. The minimum absolute atomic E-state index is 0.148. The number of anilines is 1. The highest BCUT2D eigenvalue weighted by Crippen LogP contribution is 2.15. The van der Waals surface area contributed by atoms with E-state index in [-0.39, 0.29) is 11.8 Å². The summed E-state index contributed by atoms with van der Waals surface area (Å²) in [6.45, 7) is 3.96. The standard InChI is InChI=1S/C24H25N3O2S/c28-23(18-9-5-10-21(15-18)26-24(29)22-11-6-14-30-22)25-16-19-7-1-2-8-20(19)17-27-12-3-4-13-27/h1-2,5-11,14-15H,3-4,12-13,16-17H2,(H,25,28)(H,26,29)/p+1. The van der Waals surface area contributed by atoms with Crippen molar-refractivity contribution in [1.82, 2.24) is 5.32 Å². The molecule has 4 rings (SSSR count). The summed E-state index contributed by atoms with van der Waals surface area (Å²) in [6.07, 6.45) is 2.60. The van der Waals surface area contributed by atoms with Gasteiger partial charge in [0.1, 0.15) is 6.54 Å². The Morgan fingerprint density at radius 1 is 0.900 bits per heavy atom. The molecule has 6 heteroatoms. The SMILES string of the molecule is O=C(NCc1ccccc1C[NH+]1CCCC1)c1cccc(NC(=O)c2cccs2)c1. The van der Waals surface area contributed by atoms with E-state index in [1.54, 1.807) is 35.2 Å². The number of carbonyl (C=O) groups excluding carboxylic acids is 2. The highest BCUT2D eigenvalue weighted by Gasteiger charge is 2.17. The molecule has 1 aliphatic heterocycles. The number of benzene rings is 2. The Kier molecular flexibility index (Phi) is 6.57. The van der Waals surface area contributed by atoms with Crippen LogP contribution in [0.5, 0.6) is 0 Å². The van der Waals surface area contributed by atoms with Crippen LogP contribution in [0.15, 0.2) is 66.0 Å². The Balaban J connectivity index is 1.38. The molecule has 30 heavy (non-hydrogen) atoms. The van der Waals surface area contributed by atoms with Gasteiger partial charge in [0, 0.05) is 36.2 Å². The van der Waals surface area contributed by atoms with Gasteiger partial charge in [-0.05, 0) is 35.2 Å². The molecule has 0 saturated carbocycles. The van der Waals surface area contributed by atoms with Gasteiger partial charge in [-0.25, -0.2) is 0 Å². The van der Waals surface area contributed by atoms with Crippen LogP contribution < -0.4 is 15.5 Å². The minimum atomic E-state index is -0.166. The lowest BCUT2D eigenvalue weighted by Crippen LogP contribution is -3.08. The van der Waals surface area contributed by atoms with Crippen LogP contribution >= 0.6 is 11.3 Å². The van der Waals surface area contributed by atoms with E-state index in [2.05, 4.69) is 28.8 Å². The summed E-state index contributed by atoms with van der Waals surface area (Å²) >= 11 is 1.39. The lowest BCUT2D eigenvalue weighted by atomic mass is 10.1.